The van der Waals surface area contributed by atoms with E-state index in [0.29, 0.717) is 37.2 Å². The van der Waals surface area contributed by atoms with Crippen molar-refractivity contribution in [2.24, 2.45) is 5.16 Å². The molecule has 0 amide bonds. The van der Waals surface area contributed by atoms with Gasteiger partial charge in [-0.1, -0.05) is 17.3 Å². The first-order valence-electron chi connectivity index (χ1n) is 8.25. The number of aryl methyl sites for hydroxylation is 1. The van der Waals surface area contributed by atoms with E-state index in [4.69, 9.17) is 9.57 Å². The topological polar surface area (TPSA) is 76.4 Å². The lowest BCUT2D eigenvalue weighted by Gasteiger charge is -2.09. The molecule has 0 radical (unpaired) electrons. The number of nitrogens with zero attached hydrogens (tertiary/aromatic N) is 3. The van der Waals surface area contributed by atoms with E-state index in [-0.39, 0.29) is 11.4 Å². The van der Waals surface area contributed by atoms with Crippen molar-refractivity contribution in [1.82, 2.24) is 4.40 Å². The number of rotatable bonds is 9. The minimum absolute atomic E-state index is 0.0481. The minimum atomic E-state index is -0.405. The number of hydrogen-bond donors (Lipinski definition) is 1. The van der Waals surface area contributed by atoms with E-state index in [1.54, 1.807) is 42.1 Å². The highest BCUT2D eigenvalue weighted by Crippen LogP contribution is 2.10. The molecule has 7 nitrogen and oxygen atoms in total. The molecule has 2 heterocycles. The highest BCUT2D eigenvalue weighted by Gasteiger charge is 2.22. The van der Waals surface area contributed by atoms with Gasteiger partial charge in [-0.3, -0.25) is 0 Å². The molecule has 7 heteroatoms. The second-order valence-corrected chi connectivity index (χ2v) is 5.39. The van der Waals surface area contributed by atoms with E-state index in [0.717, 1.165) is 0 Å². The van der Waals surface area contributed by atoms with Gasteiger partial charge < -0.3 is 14.7 Å². The van der Waals surface area contributed by atoms with Gasteiger partial charge in [0.15, 0.2) is 0 Å². The summed E-state index contributed by atoms with van der Waals surface area (Å²) in [7, 11) is 0. The molecule has 1 N–H and O–H groups in total. The van der Waals surface area contributed by atoms with Crippen molar-refractivity contribution in [3.63, 3.8) is 0 Å². The van der Waals surface area contributed by atoms with Crippen molar-refractivity contribution in [3.8, 4) is 5.88 Å². The fourth-order valence-corrected chi connectivity index (χ4v) is 2.52. The van der Waals surface area contributed by atoms with Crippen LogP contribution in [0.15, 0.2) is 47.0 Å². The highest BCUT2D eigenvalue weighted by atomic mass is 16.8. The van der Waals surface area contributed by atoms with Crippen molar-refractivity contribution in [3.05, 3.63) is 53.0 Å². The first kappa shape index (κ1) is 18.7. The summed E-state index contributed by atoms with van der Waals surface area (Å²) < 4.78 is 8.41. The van der Waals surface area contributed by atoms with Crippen LogP contribution in [0.25, 0.3) is 5.65 Å². The van der Waals surface area contributed by atoms with Crippen LogP contribution < -0.4 is 10.1 Å². The summed E-state index contributed by atoms with van der Waals surface area (Å²) in [6.07, 6.45) is 5.30. The molecule has 2 aromatic heterocycles. The SMILES string of the molecule is C=CCc1c(O)[n+](CCC=NOC(C)OCC)c2ccccn2c1=O. The van der Waals surface area contributed by atoms with E-state index >= 15 is 0 Å². The molecule has 0 aliphatic carbocycles. The Labute approximate surface area is 146 Å². The maximum Gasteiger partial charge on any atom is 0.349 e. The van der Waals surface area contributed by atoms with Crippen LogP contribution in [0.2, 0.25) is 0 Å². The number of aromatic hydroxyl groups is 1. The van der Waals surface area contributed by atoms with Gasteiger partial charge in [-0.15, -0.1) is 6.58 Å². The zero-order valence-electron chi connectivity index (χ0n) is 14.6. The van der Waals surface area contributed by atoms with Gasteiger partial charge >= 0.3 is 5.56 Å². The lowest BCUT2D eigenvalue weighted by molar-refractivity contribution is -0.679. The zero-order valence-corrected chi connectivity index (χ0v) is 14.6. The standard InChI is InChI=1S/C18H23N3O4/c1-4-9-15-17(22)20-12-7-6-10-16(20)21(18(15)23)13-8-11-19-25-14(3)24-5-2/h4,6-7,10-12,14H,1,5,8-9,13H2,2-3H3/p+1. The minimum Gasteiger partial charge on any atom is -0.477 e. The number of aromatic nitrogens is 2. The Morgan fingerprint density at radius 3 is 3.00 bits per heavy atom. The number of fused-ring (bicyclic) bond motifs is 1. The van der Waals surface area contributed by atoms with Crippen molar-refractivity contribution in [2.45, 2.75) is 39.5 Å². The Morgan fingerprint density at radius 1 is 1.48 bits per heavy atom. The number of hydrogen-bond acceptors (Lipinski definition) is 5. The van der Waals surface area contributed by atoms with Crippen LogP contribution >= 0.6 is 0 Å². The normalized spacial score (nSPS) is 12.6. The molecule has 1 atom stereocenters. The van der Waals surface area contributed by atoms with Crippen molar-refractivity contribution >= 4 is 11.9 Å². The maximum absolute atomic E-state index is 12.5. The van der Waals surface area contributed by atoms with Crippen LogP contribution in [-0.4, -0.2) is 28.6 Å². The molecular weight excluding hydrogens is 322 g/mol. The molecule has 0 aliphatic rings. The van der Waals surface area contributed by atoms with Gasteiger partial charge in [-0.25, -0.2) is 4.79 Å². The Kier molecular flexibility index (Phi) is 6.71. The summed E-state index contributed by atoms with van der Waals surface area (Å²) in [6, 6.07) is 5.38. The van der Waals surface area contributed by atoms with Crippen molar-refractivity contribution in [1.29, 1.82) is 0 Å². The molecule has 134 valence electrons. The fraction of sp³-hybridized carbons (Fsp3) is 0.389. The molecular formula is C18H24N3O4+. The smallest absolute Gasteiger partial charge is 0.349 e. The van der Waals surface area contributed by atoms with Crippen LogP contribution in [0.5, 0.6) is 5.88 Å². The van der Waals surface area contributed by atoms with Gasteiger partial charge in [-0.05, 0) is 13.0 Å². The van der Waals surface area contributed by atoms with Gasteiger partial charge in [0.1, 0.15) is 5.56 Å². The zero-order chi connectivity index (χ0) is 18.2. The van der Waals surface area contributed by atoms with Crippen LogP contribution in [0.3, 0.4) is 0 Å². The number of oxime groups is 1. The summed E-state index contributed by atoms with van der Waals surface area (Å²) in [5.74, 6) is -0.0481. The molecule has 0 saturated heterocycles. The van der Waals surface area contributed by atoms with E-state index in [2.05, 4.69) is 11.7 Å². The summed E-state index contributed by atoms with van der Waals surface area (Å²) in [6.45, 7) is 8.29. The predicted molar refractivity (Wildman–Crippen MR) is 94.7 cm³/mol. The maximum atomic E-state index is 12.5. The Morgan fingerprint density at radius 2 is 2.28 bits per heavy atom. The lowest BCUT2D eigenvalue weighted by atomic mass is 10.2. The van der Waals surface area contributed by atoms with Crippen LogP contribution in [0, 0.1) is 0 Å². The van der Waals surface area contributed by atoms with Crippen LogP contribution in [0.4, 0.5) is 0 Å². The van der Waals surface area contributed by atoms with Crippen molar-refractivity contribution < 1.29 is 19.2 Å². The second-order valence-electron chi connectivity index (χ2n) is 5.39. The predicted octanol–water partition coefficient (Wildman–Crippen LogP) is 1.80. The fourth-order valence-electron chi connectivity index (χ4n) is 2.52. The van der Waals surface area contributed by atoms with Crippen LogP contribution in [-0.2, 0) is 22.5 Å². The summed E-state index contributed by atoms with van der Waals surface area (Å²) >= 11 is 0. The molecule has 0 aromatic carbocycles. The first-order chi connectivity index (χ1) is 12.1. The molecule has 25 heavy (non-hydrogen) atoms. The highest BCUT2D eigenvalue weighted by molar-refractivity contribution is 5.55. The van der Waals surface area contributed by atoms with Gasteiger partial charge in [0.25, 0.3) is 11.5 Å². The Hall–Kier alpha value is -2.67. The molecule has 0 spiro atoms. The summed E-state index contributed by atoms with van der Waals surface area (Å²) in [5.41, 5.74) is 0.679. The number of pyridine rings is 1. The Balaban J connectivity index is 2.24. The number of allylic oxidation sites excluding steroid dienone is 1. The van der Waals surface area contributed by atoms with Gasteiger partial charge in [0, 0.05) is 38.7 Å². The molecule has 0 aliphatic heterocycles. The third-order valence-electron chi connectivity index (χ3n) is 3.63. The van der Waals surface area contributed by atoms with Crippen molar-refractivity contribution in [2.75, 3.05) is 6.61 Å². The molecule has 1 unspecified atom stereocenters. The monoisotopic (exact) mass is 346 g/mol. The van der Waals surface area contributed by atoms with E-state index < -0.39 is 6.29 Å². The van der Waals surface area contributed by atoms with Crippen LogP contribution in [0.1, 0.15) is 25.8 Å². The molecule has 0 bridgehead atoms. The third-order valence-corrected chi connectivity index (χ3v) is 3.63. The first-order valence-corrected chi connectivity index (χ1v) is 8.25. The largest absolute Gasteiger partial charge is 0.477 e. The van der Waals surface area contributed by atoms with E-state index in [1.807, 2.05) is 13.0 Å². The quantitative estimate of drug-likeness (QED) is 0.247. The molecule has 2 aromatic rings. The average Bonchev–Trinajstić information content (AvgIpc) is 2.61. The molecule has 2 rings (SSSR count). The van der Waals surface area contributed by atoms with E-state index in [1.165, 1.54) is 4.40 Å². The summed E-state index contributed by atoms with van der Waals surface area (Å²) in [5, 5.41) is 14.4. The number of ether oxygens (including phenoxy) is 1. The average molecular weight is 346 g/mol. The van der Waals surface area contributed by atoms with Gasteiger partial charge in [0.2, 0.25) is 6.29 Å². The van der Waals surface area contributed by atoms with Gasteiger partial charge in [-0.2, -0.15) is 8.97 Å². The second kappa shape index (κ2) is 8.98. The lowest BCUT2D eigenvalue weighted by Crippen LogP contribution is -2.41. The van der Waals surface area contributed by atoms with E-state index in [9.17, 15) is 9.90 Å². The Bertz CT molecular complexity index is 814. The molecule has 0 fully saturated rings. The molecule has 0 saturated carbocycles. The third kappa shape index (κ3) is 4.45. The van der Waals surface area contributed by atoms with Gasteiger partial charge in [0.05, 0.1) is 12.7 Å². The summed E-state index contributed by atoms with van der Waals surface area (Å²) in [4.78, 5) is 17.6.